The molecule has 70 valence electrons. The summed E-state index contributed by atoms with van der Waals surface area (Å²) in [6.07, 6.45) is 3.39. The first-order valence-corrected chi connectivity index (χ1v) is 4.73. The van der Waals surface area contributed by atoms with E-state index < -0.39 is 0 Å². The second-order valence-corrected chi connectivity index (χ2v) is 3.81. The molecule has 3 heteroatoms. The number of methoxy groups -OCH3 is 1. The predicted molar refractivity (Wildman–Crippen MR) is 46.1 cm³/mol. The van der Waals surface area contributed by atoms with E-state index in [0.717, 1.165) is 25.6 Å². The molecule has 0 atom stereocenters. The van der Waals surface area contributed by atoms with Crippen LogP contribution in [0.2, 0.25) is 0 Å². The highest BCUT2D eigenvalue weighted by atomic mass is 16.5. The van der Waals surface area contributed by atoms with Gasteiger partial charge in [0.25, 0.3) is 0 Å². The van der Waals surface area contributed by atoms with Gasteiger partial charge in [-0.3, -0.25) is 0 Å². The Morgan fingerprint density at radius 2 is 2.00 bits per heavy atom. The van der Waals surface area contributed by atoms with Crippen LogP contribution in [0, 0.1) is 5.92 Å². The molecule has 0 bridgehead atoms. The van der Waals surface area contributed by atoms with Crippen LogP contribution >= 0.6 is 0 Å². The lowest BCUT2D eigenvalue weighted by molar-refractivity contribution is -0.0631. The molecule has 2 rings (SSSR count). The average molecular weight is 171 g/mol. The summed E-state index contributed by atoms with van der Waals surface area (Å²) >= 11 is 0. The summed E-state index contributed by atoms with van der Waals surface area (Å²) in [4.78, 5) is 0. The Kier molecular flexibility index (Phi) is 2.63. The zero-order valence-electron chi connectivity index (χ0n) is 7.58. The summed E-state index contributed by atoms with van der Waals surface area (Å²) in [5, 5.41) is 3.19. The van der Waals surface area contributed by atoms with Crippen LogP contribution in [0.1, 0.15) is 12.8 Å². The third-order valence-corrected chi connectivity index (χ3v) is 2.84. The van der Waals surface area contributed by atoms with Gasteiger partial charge in [0.1, 0.15) is 0 Å². The van der Waals surface area contributed by atoms with Crippen LogP contribution in [0.25, 0.3) is 0 Å². The van der Waals surface area contributed by atoms with Gasteiger partial charge >= 0.3 is 0 Å². The highest BCUT2D eigenvalue weighted by Crippen LogP contribution is 2.29. The van der Waals surface area contributed by atoms with Crippen molar-refractivity contribution in [2.45, 2.75) is 25.0 Å². The number of hydrogen-bond donors (Lipinski definition) is 1. The molecule has 0 unspecified atom stereocenters. The van der Waals surface area contributed by atoms with Gasteiger partial charge < -0.3 is 14.8 Å². The monoisotopic (exact) mass is 171 g/mol. The molecular weight excluding hydrogens is 154 g/mol. The van der Waals surface area contributed by atoms with Crippen molar-refractivity contribution in [3.05, 3.63) is 0 Å². The van der Waals surface area contributed by atoms with Crippen molar-refractivity contribution < 1.29 is 9.47 Å². The van der Waals surface area contributed by atoms with E-state index in [4.69, 9.17) is 9.47 Å². The smallest absolute Gasteiger partial charge is 0.0823 e. The Hall–Kier alpha value is -0.120. The van der Waals surface area contributed by atoms with E-state index in [9.17, 15) is 0 Å². The van der Waals surface area contributed by atoms with Crippen LogP contribution in [0.15, 0.2) is 0 Å². The molecule has 2 fully saturated rings. The minimum atomic E-state index is 0.492. The van der Waals surface area contributed by atoms with Crippen molar-refractivity contribution in [3.8, 4) is 0 Å². The highest BCUT2D eigenvalue weighted by Gasteiger charge is 2.30. The van der Waals surface area contributed by atoms with Gasteiger partial charge in [0.2, 0.25) is 0 Å². The molecule has 1 saturated heterocycles. The van der Waals surface area contributed by atoms with Gasteiger partial charge in [0, 0.05) is 20.2 Å². The van der Waals surface area contributed by atoms with Crippen molar-refractivity contribution in [2.75, 3.05) is 26.8 Å². The SMILES string of the molecule is COC1CC(COC2CNC2)C1. The van der Waals surface area contributed by atoms with Crippen molar-refractivity contribution in [3.63, 3.8) is 0 Å². The quantitative estimate of drug-likeness (QED) is 0.664. The maximum atomic E-state index is 5.66. The summed E-state index contributed by atoms with van der Waals surface area (Å²) in [5.41, 5.74) is 0. The normalized spacial score (nSPS) is 35.8. The molecular formula is C9H17NO2. The van der Waals surface area contributed by atoms with E-state index in [1.807, 2.05) is 0 Å². The standard InChI is InChI=1S/C9H17NO2/c1-11-8-2-7(3-8)6-12-9-4-10-5-9/h7-10H,2-6H2,1H3. The number of ether oxygens (including phenoxy) is 2. The molecule has 1 aliphatic heterocycles. The minimum Gasteiger partial charge on any atom is -0.381 e. The second kappa shape index (κ2) is 3.73. The number of nitrogens with one attached hydrogen (secondary N) is 1. The van der Waals surface area contributed by atoms with Crippen LogP contribution in [0.5, 0.6) is 0 Å². The van der Waals surface area contributed by atoms with Crippen molar-refractivity contribution in [1.82, 2.24) is 5.32 Å². The van der Waals surface area contributed by atoms with Gasteiger partial charge in [0.05, 0.1) is 18.8 Å². The predicted octanol–water partition coefficient (Wildman–Crippen LogP) is 0.400. The minimum absolute atomic E-state index is 0.492. The van der Waals surface area contributed by atoms with Crippen LogP contribution in [0.4, 0.5) is 0 Å². The molecule has 12 heavy (non-hydrogen) atoms. The maximum absolute atomic E-state index is 5.66. The van der Waals surface area contributed by atoms with Crippen LogP contribution in [0.3, 0.4) is 0 Å². The third kappa shape index (κ3) is 1.79. The topological polar surface area (TPSA) is 30.5 Å². The molecule has 1 heterocycles. The maximum Gasteiger partial charge on any atom is 0.0823 e. The van der Waals surface area contributed by atoms with Crippen LogP contribution in [-0.2, 0) is 9.47 Å². The van der Waals surface area contributed by atoms with Crippen molar-refractivity contribution in [1.29, 1.82) is 0 Å². The first-order valence-electron chi connectivity index (χ1n) is 4.73. The Labute approximate surface area is 73.4 Å². The van der Waals surface area contributed by atoms with Gasteiger partial charge in [-0.1, -0.05) is 0 Å². The van der Waals surface area contributed by atoms with Gasteiger partial charge in [-0.15, -0.1) is 0 Å². The van der Waals surface area contributed by atoms with Crippen LogP contribution < -0.4 is 5.32 Å². The fourth-order valence-corrected chi connectivity index (χ4v) is 1.66. The Morgan fingerprint density at radius 3 is 2.50 bits per heavy atom. The molecule has 0 aromatic rings. The first kappa shape index (κ1) is 8.48. The lowest BCUT2D eigenvalue weighted by atomic mass is 9.83. The van der Waals surface area contributed by atoms with Crippen LogP contribution in [-0.4, -0.2) is 39.0 Å². The molecule has 0 spiro atoms. The summed E-state index contributed by atoms with van der Waals surface area (Å²) in [7, 11) is 1.79. The molecule has 0 aromatic carbocycles. The first-order chi connectivity index (χ1) is 5.88. The number of rotatable bonds is 4. The van der Waals surface area contributed by atoms with E-state index in [1.165, 1.54) is 12.8 Å². The summed E-state index contributed by atoms with van der Waals surface area (Å²) < 4.78 is 10.9. The molecule has 0 aromatic heterocycles. The Morgan fingerprint density at radius 1 is 1.25 bits per heavy atom. The molecule has 1 N–H and O–H groups in total. The Bertz CT molecular complexity index is 141. The van der Waals surface area contributed by atoms with Gasteiger partial charge in [-0.25, -0.2) is 0 Å². The summed E-state index contributed by atoms with van der Waals surface area (Å²) in [6.45, 7) is 3.02. The molecule has 3 nitrogen and oxygen atoms in total. The molecule has 1 aliphatic carbocycles. The van der Waals surface area contributed by atoms with Gasteiger partial charge in [-0.2, -0.15) is 0 Å². The molecule has 1 saturated carbocycles. The van der Waals surface area contributed by atoms with E-state index in [0.29, 0.717) is 12.2 Å². The zero-order chi connectivity index (χ0) is 8.39. The number of hydrogen-bond acceptors (Lipinski definition) is 3. The van der Waals surface area contributed by atoms with E-state index in [1.54, 1.807) is 7.11 Å². The Balaban J connectivity index is 1.51. The molecule has 2 aliphatic rings. The van der Waals surface area contributed by atoms with Crippen molar-refractivity contribution >= 4 is 0 Å². The lowest BCUT2D eigenvalue weighted by Gasteiger charge is -2.36. The summed E-state index contributed by atoms with van der Waals surface area (Å²) in [6, 6.07) is 0. The van der Waals surface area contributed by atoms with Gasteiger partial charge in [-0.05, 0) is 18.8 Å². The fourth-order valence-electron chi connectivity index (χ4n) is 1.66. The molecule has 0 amide bonds. The largest absolute Gasteiger partial charge is 0.381 e. The van der Waals surface area contributed by atoms with Gasteiger partial charge in [0.15, 0.2) is 0 Å². The highest BCUT2D eigenvalue weighted by molar-refractivity contribution is 4.81. The average Bonchev–Trinajstić information content (AvgIpc) is 1.90. The molecule has 0 radical (unpaired) electrons. The second-order valence-electron chi connectivity index (χ2n) is 3.81. The summed E-state index contributed by atoms with van der Waals surface area (Å²) in [5.74, 6) is 0.760. The van der Waals surface area contributed by atoms with E-state index in [-0.39, 0.29) is 0 Å². The van der Waals surface area contributed by atoms with Crippen molar-refractivity contribution in [2.24, 2.45) is 5.92 Å². The lowest BCUT2D eigenvalue weighted by Crippen LogP contribution is -2.49. The van der Waals surface area contributed by atoms with E-state index >= 15 is 0 Å². The van der Waals surface area contributed by atoms with E-state index in [2.05, 4.69) is 5.32 Å². The fraction of sp³-hybridized carbons (Fsp3) is 1.00. The zero-order valence-corrected chi connectivity index (χ0v) is 7.58. The third-order valence-electron chi connectivity index (χ3n) is 2.84.